The number of nitrogens with one attached hydrogen (secondary N) is 1. The highest BCUT2D eigenvalue weighted by Crippen LogP contribution is 2.26. The molecule has 0 fully saturated rings. The van der Waals surface area contributed by atoms with Crippen LogP contribution >= 0.6 is 0 Å². The monoisotopic (exact) mass is 293 g/mol. The fourth-order valence-electron chi connectivity index (χ4n) is 3.17. The number of nitrogens with zero attached hydrogens (tertiary/aromatic N) is 2. The van der Waals surface area contributed by atoms with Gasteiger partial charge in [-0.05, 0) is 32.2 Å². The van der Waals surface area contributed by atoms with Gasteiger partial charge >= 0.3 is 0 Å². The Bertz CT molecular complexity index is 395. The zero-order valence-corrected chi connectivity index (χ0v) is 14.8. The van der Waals surface area contributed by atoms with Crippen LogP contribution in [0.1, 0.15) is 89.7 Å². The van der Waals surface area contributed by atoms with E-state index in [-0.39, 0.29) is 0 Å². The van der Waals surface area contributed by atoms with Crippen LogP contribution in [-0.2, 0) is 19.4 Å². The van der Waals surface area contributed by atoms with Crippen molar-refractivity contribution in [2.45, 2.75) is 92.2 Å². The Morgan fingerprint density at radius 3 is 2.29 bits per heavy atom. The molecule has 1 atom stereocenters. The molecule has 1 rings (SSSR count). The molecule has 0 bridgehead atoms. The van der Waals surface area contributed by atoms with E-state index in [9.17, 15) is 0 Å². The third kappa shape index (κ3) is 4.84. The quantitative estimate of drug-likeness (QED) is 0.602. The molecular weight excluding hydrogens is 258 g/mol. The van der Waals surface area contributed by atoms with Gasteiger partial charge in [-0.2, -0.15) is 5.10 Å². The molecule has 3 nitrogen and oxygen atoms in total. The van der Waals surface area contributed by atoms with Gasteiger partial charge in [-0.3, -0.25) is 4.68 Å². The SMILES string of the molecule is CCCCCCn1nc(CC)c(C(CC)NCC)c1CC. The number of aromatic nitrogens is 2. The second-order valence-electron chi connectivity index (χ2n) is 5.82. The van der Waals surface area contributed by atoms with Crippen molar-refractivity contribution < 1.29 is 0 Å². The molecule has 122 valence electrons. The van der Waals surface area contributed by atoms with Crippen LogP contribution in [0.15, 0.2) is 0 Å². The number of unbranched alkanes of at least 4 members (excludes halogenated alkanes) is 3. The highest BCUT2D eigenvalue weighted by Gasteiger charge is 2.21. The summed E-state index contributed by atoms with van der Waals surface area (Å²) in [6.45, 7) is 13.3. The molecule has 0 aliphatic rings. The number of rotatable bonds is 11. The fourth-order valence-corrected chi connectivity index (χ4v) is 3.17. The lowest BCUT2D eigenvalue weighted by molar-refractivity contribution is 0.511. The maximum atomic E-state index is 4.92. The van der Waals surface area contributed by atoms with Gasteiger partial charge in [-0.25, -0.2) is 0 Å². The molecule has 1 N–H and O–H groups in total. The lowest BCUT2D eigenvalue weighted by Gasteiger charge is -2.18. The molecule has 0 amide bonds. The minimum absolute atomic E-state index is 0.462. The molecule has 0 saturated heterocycles. The highest BCUT2D eigenvalue weighted by atomic mass is 15.3. The van der Waals surface area contributed by atoms with Gasteiger partial charge in [0.05, 0.1) is 5.69 Å². The van der Waals surface area contributed by atoms with Crippen molar-refractivity contribution in [2.75, 3.05) is 6.54 Å². The predicted molar refractivity (Wildman–Crippen MR) is 91.8 cm³/mol. The molecule has 3 heteroatoms. The Hall–Kier alpha value is -0.830. The molecule has 1 aromatic rings. The highest BCUT2D eigenvalue weighted by molar-refractivity contribution is 5.30. The van der Waals surface area contributed by atoms with Crippen molar-refractivity contribution in [2.24, 2.45) is 0 Å². The van der Waals surface area contributed by atoms with E-state index in [0.717, 1.165) is 32.4 Å². The van der Waals surface area contributed by atoms with E-state index < -0.39 is 0 Å². The molecular formula is C18H35N3. The average Bonchev–Trinajstić information content (AvgIpc) is 2.86. The second kappa shape index (κ2) is 9.99. The maximum Gasteiger partial charge on any atom is 0.0672 e. The molecule has 0 spiro atoms. The van der Waals surface area contributed by atoms with Crippen LogP contribution in [0.5, 0.6) is 0 Å². The first-order chi connectivity index (χ1) is 10.2. The van der Waals surface area contributed by atoms with Gasteiger partial charge in [0.1, 0.15) is 0 Å². The summed E-state index contributed by atoms with van der Waals surface area (Å²) >= 11 is 0. The van der Waals surface area contributed by atoms with Crippen LogP contribution in [0, 0.1) is 0 Å². The van der Waals surface area contributed by atoms with Gasteiger partial charge in [0, 0.05) is 23.8 Å². The van der Waals surface area contributed by atoms with Crippen LogP contribution in [-0.4, -0.2) is 16.3 Å². The second-order valence-corrected chi connectivity index (χ2v) is 5.82. The topological polar surface area (TPSA) is 29.9 Å². The van der Waals surface area contributed by atoms with E-state index >= 15 is 0 Å². The molecule has 21 heavy (non-hydrogen) atoms. The first-order valence-corrected chi connectivity index (χ1v) is 9.05. The Morgan fingerprint density at radius 1 is 1.00 bits per heavy atom. The van der Waals surface area contributed by atoms with E-state index in [4.69, 9.17) is 5.10 Å². The third-order valence-electron chi connectivity index (χ3n) is 4.28. The first kappa shape index (κ1) is 18.2. The van der Waals surface area contributed by atoms with Crippen molar-refractivity contribution in [1.82, 2.24) is 15.1 Å². The number of hydrogen-bond acceptors (Lipinski definition) is 2. The predicted octanol–water partition coefficient (Wildman–Crippen LogP) is 4.65. The zero-order valence-electron chi connectivity index (χ0n) is 14.8. The maximum absolute atomic E-state index is 4.92. The summed E-state index contributed by atoms with van der Waals surface area (Å²) in [5.41, 5.74) is 4.24. The van der Waals surface area contributed by atoms with Gasteiger partial charge in [0.15, 0.2) is 0 Å². The fraction of sp³-hybridized carbons (Fsp3) is 0.833. The van der Waals surface area contributed by atoms with Gasteiger partial charge in [-0.1, -0.05) is 53.9 Å². The van der Waals surface area contributed by atoms with Crippen molar-refractivity contribution in [1.29, 1.82) is 0 Å². The largest absolute Gasteiger partial charge is 0.310 e. The van der Waals surface area contributed by atoms with E-state index in [1.807, 2.05) is 0 Å². The number of hydrogen-bond donors (Lipinski definition) is 1. The number of aryl methyl sites for hydroxylation is 2. The first-order valence-electron chi connectivity index (χ1n) is 9.05. The molecule has 0 aliphatic carbocycles. The Kier molecular flexibility index (Phi) is 8.67. The molecule has 0 aromatic carbocycles. The van der Waals surface area contributed by atoms with Crippen LogP contribution < -0.4 is 5.32 Å². The molecule has 1 heterocycles. The van der Waals surface area contributed by atoms with Gasteiger partial charge in [-0.15, -0.1) is 0 Å². The van der Waals surface area contributed by atoms with Crippen molar-refractivity contribution in [3.63, 3.8) is 0 Å². The summed E-state index contributed by atoms with van der Waals surface area (Å²) in [5, 5.41) is 8.56. The van der Waals surface area contributed by atoms with Crippen LogP contribution in [0.4, 0.5) is 0 Å². The van der Waals surface area contributed by atoms with Gasteiger partial charge in [0.2, 0.25) is 0 Å². The molecule has 0 saturated carbocycles. The average molecular weight is 293 g/mol. The summed E-state index contributed by atoms with van der Waals surface area (Å²) in [4.78, 5) is 0. The smallest absolute Gasteiger partial charge is 0.0672 e. The summed E-state index contributed by atoms with van der Waals surface area (Å²) < 4.78 is 2.30. The minimum atomic E-state index is 0.462. The summed E-state index contributed by atoms with van der Waals surface area (Å²) in [5.74, 6) is 0. The third-order valence-corrected chi connectivity index (χ3v) is 4.28. The molecule has 1 unspecified atom stereocenters. The Labute approximate surface area is 131 Å². The standard InChI is InChI=1S/C18H35N3/c1-6-11-12-13-14-21-17(9-4)18(16(8-3)20-21)15(7-2)19-10-5/h15,19H,6-14H2,1-5H3. The molecule has 1 aromatic heterocycles. The molecule has 0 radical (unpaired) electrons. The van der Waals surface area contributed by atoms with E-state index in [1.165, 1.54) is 42.6 Å². The Balaban J connectivity index is 2.96. The Morgan fingerprint density at radius 2 is 1.76 bits per heavy atom. The lowest BCUT2D eigenvalue weighted by Crippen LogP contribution is -2.22. The van der Waals surface area contributed by atoms with Crippen molar-refractivity contribution >= 4 is 0 Å². The lowest BCUT2D eigenvalue weighted by atomic mass is 9.99. The summed E-state index contributed by atoms with van der Waals surface area (Å²) in [6, 6.07) is 0.462. The van der Waals surface area contributed by atoms with Crippen LogP contribution in [0.25, 0.3) is 0 Å². The van der Waals surface area contributed by atoms with E-state index in [1.54, 1.807) is 0 Å². The minimum Gasteiger partial charge on any atom is -0.310 e. The van der Waals surface area contributed by atoms with Crippen LogP contribution in [0.3, 0.4) is 0 Å². The molecule has 0 aliphatic heterocycles. The zero-order chi connectivity index (χ0) is 15.7. The van der Waals surface area contributed by atoms with E-state index in [2.05, 4.69) is 44.6 Å². The van der Waals surface area contributed by atoms with E-state index in [0.29, 0.717) is 6.04 Å². The van der Waals surface area contributed by atoms with Crippen LogP contribution in [0.2, 0.25) is 0 Å². The summed E-state index contributed by atoms with van der Waals surface area (Å²) in [6.07, 6.45) is 8.46. The van der Waals surface area contributed by atoms with Crippen molar-refractivity contribution in [3.05, 3.63) is 17.0 Å². The summed E-state index contributed by atoms with van der Waals surface area (Å²) in [7, 11) is 0. The van der Waals surface area contributed by atoms with Crippen molar-refractivity contribution in [3.8, 4) is 0 Å². The van der Waals surface area contributed by atoms with Gasteiger partial charge in [0.25, 0.3) is 0 Å². The van der Waals surface area contributed by atoms with Gasteiger partial charge < -0.3 is 5.32 Å². The normalized spacial score (nSPS) is 12.8.